The first-order valence-corrected chi connectivity index (χ1v) is 7.75. The summed E-state index contributed by atoms with van der Waals surface area (Å²) >= 11 is 0. The van der Waals surface area contributed by atoms with E-state index in [-0.39, 0.29) is 0 Å². The number of nitrogens with zero attached hydrogens (tertiary/aromatic N) is 2. The van der Waals surface area contributed by atoms with Gasteiger partial charge in [0.05, 0.1) is 12.6 Å². The summed E-state index contributed by atoms with van der Waals surface area (Å²) in [6.45, 7) is 0. The van der Waals surface area contributed by atoms with E-state index in [2.05, 4.69) is 26.9 Å². The molecule has 3 aromatic rings. The average molecular weight is 306 g/mol. The van der Waals surface area contributed by atoms with Gasteiger partial charge in [-0.05, 0) is 30.5 Å². The molecule has 0 saturated heterocycles. The van der Waals surface area contributed by atoms with Crippen LogP contribution in [0.25, 0.3) is 22.0 Å². The Morgan fingerprint density at radius 2 is 1.91 bits per heavy atom. The van der Waals surface area contributed by atoms with Gasteiger partial charge in [0.1, 0.15) is 5.75 Å². The van der Waals surface area contributed by atoms with Gasteiger partial charge in [-0.15, -0.1) is 0 Å². The van der Waals surface area contributed by atoms with Gasteiger partial charge in [0.15, 0.2) is 0 Å². The molecule has 0 unspecified atom stereocenters. The van der Waals surface area contributed by atoms with Crippen LogP contribution in [0.2, 0.25) is 0 Å². The molecule has 1 heterocycles. The lowest BCUT2D eigenvalue weighted by Crippen LogP contribution is -2.25. The highest BCUT2D eigenvalue weighted by atomic mass is 16.5. The summed E-state index contributed by atoms with van der Waals surface area (Å²) in [4.78, 5) is 9.04. The third kappa shape index (κ3) is 2.96. The zero-order chi connectivity index (χ0) is 15.6. The molecule has 1 aromatic heterocycles. The van der Waals surface area contributed by atoms with E-state index in [4.69, 9.17) is 4.74 Å². The second-order valence-corrected chi connectivity index (χ2v) is 5.71. The number of para-hydroxylation sites is 1. The number of nitrogens with one attached hydrogen (secondary N) is 2. The average Bonchev–Trinajstić information content (AvgIpc) is 3.44. The second-order valence-electron chi connectivity index (χ2n) is 5.71. The first-order valence-electron chi connectivity index (χ1n) is 7.75. The van der Waals surface area contributed by atoms with E-state index in [0.29, 0.717) is 12.0 Å². The fourth-order valence-electron chi connectivity index (χ4n) is 2.51. The molecule has 5 nitrogen and oxygen atoms in total. The van der Waals surface area contributed by atoms with Crippen molar-refractivity contribution in [2.45, 2.75) is 18.9 Å². The van der Waals surface area contributed by atoms with Crippen LogP contribution in [0.1, 0.15) is 12.8 Å². The van der Waals surface area contributed by atoms with Crippen LogP contribution >= 0.6 is 0 Å². The third-order valence-electron chi connectivity index (χ3n) is 3.98. The van der Waals surface area contributed by atoms with Crippen molar-refractivity contribution in [3.05, 3.63) is 48.7 Å². The van der Waals surface area contributed by atoms with Gasteiger partial charge in [-0.3, -0.25) is 5.43 Å². The minimum Gasteiger partial charge on any atom is -0.497 e. The van der Waals surface area contributed by atoms with E-state index >= 15 is 0 Å². The maximum absolute atomic E-state index is 5.23. The monoisotopic (exact) mass is 306 g/mol. The predicted molar refractivity (Wildman–Crippen MR) is 91.3 cm³/mol. The van der Waals surface area contributed by atoms with Crippen LogP contribution in [-0.4, -0.2) is 23.1 Å². The zero-order valence-electron chi connectivity index (χ0n) is 12.9. The second kappa shape index (κ2) is 5.85. The Kier molecular flexibility index (Phi) is 3.55. The number of methoxy groups -OCH3 is 1. The minimum absolute atomic E-state index is 0.547. The summed E-state index contributed by atoms with van der Waals surface area (Å²) in [5.74, 6) is 1.45. The summed E-state index contributed by atoms with van der Waals surface area (Å²) in [6.07, 6.45) is 4.27. The van der Waals surface area contributed by atoms with E-state index in [1.165, 1.54) is 12.8 Å². The number of anilines is 1. The highest BCUT2D eigenvalue weighted by Gasteiger charge is 2.20. The first kappa shape index (κ1) is 14.0. The van der Waals surface area contributed by atoms with Crippen molar-refractivity contribution in [2.24, 2.45) is 0 Å². The van der Waals surface area contributed by atoms with Gasteiger partial charge in [0.2, 0.25) is 5.95 Å². The van der Waals surface area contributed by atoms with Crippen LogP contribution in [0.5, 0.6) is 5.75 Å². The molecule has 2 N–H and O–H groups in total. The lowest BCUT2D eigenvalue weighted by atomic mass is 10.0. The quantitative estimate of drug-likeness (QED) is 0.708. The Labute approximate surface area is 134 Å². The molecule has 1 aliphatic rings. The molecule has 4 rings (SSSR count). The maximum atomic E-state index is 5.23. The summed E-state index contributed by atoms with van der Waals surface area (Å²) in [5, 5.41) is 1.02. The summed E-state index contributed by atoms with van der Waals surface area (Å²) < 4.78 is 5.23. The molecule has 0 aliphatic heterocycles. The fraction of sp³-hybridized carbons (Fsp3) is 0.222. The van der Waals surface area contributed by atoms with Gasteiger partial charge < -0.3 is 4.74 Å². The lowest BCUT2D eigenvalue weighted by molar-refractivity contribution is 0.415. The smallest absolute Gasteiger partial charge is 0.237 e. The lowest BCUT2D eigenvalue weighted by Gasteiger charge is -2.10. The first-order chi connectivity index (χ1) is 11.3. The largest absolute Gasteiger partial charge is 0.497 e. The number of aromatic nitrogens is 2. The van der Waals surface area contributed by atoms with Gasteiger partial charge in [-0.25, -0.2) is 15.4 Å². The number of hydrogen-bond donors (Lipinski definition) is 2. The Morgan fingerprint density at radius 1 is 1.09 bits per heavy atom. The third-order valence-corrected chi connectivity index (χ3v) is 3.98. The Bertz CT molecular complexity index is 828. The molecule has 0 spiro atoms. The summed E-state index contributed by atoms with van der Waals surface area (Å²) in [5.41, 5.74) is 9.45. The molecule has 5 heteroatoms. The van der Waals surface area contributed by atoms with Gasteiger partial charge in [0, 0.05) is 23.2 Å². The van der Waals surface area contributed by atoms with Gasteiger partial charge in [0.25, 0.3) is 0 Å². The van der Waals surface area contributed by atoms with Gasteiger partial charge in [-0.1, -0.05) is 30.3 Å². The molecule has 23 heavy (non-hydrogen) atoms. The molecule has 116 valence electrons. The molecular weight excluding hydrogens is 288 g/mol. The Balaban J connectivity index is 1.72. The van der Waals surface area contributed by atoms with Crippen molar-refractivity contribution in [1.82, 2.24) is 15.4 Å². The number of hydrogen-bond acceptors (Lipinski definition) is 5. The Hall–Kier alpha value is -2.66. The molecule has 0 bridgehead atoms. The van der Waals surface area contributed by atoms with Crippen molar-refractivity contribution >= 4 is 16.9 Å². The van der Waals surface area contributed by atoms with Crippen LogP contribution in [-0.2, 0) is 0 Å². The molecule has 1 fully saturated rings. The normalized spacial score (nSPS) is 14.0. The van der Waals surface area contributed by atoms with E-state index in [1.54, 1.807) is 7.11 Å². The van der Waals surface area contributed by atoms with Crippen molar-refractivity contribution in [3.63, 3.8) is 0 Å². The van der Waals surface area contributed by atoms with Gasteiger partial charge in [-0.2, -0.15) is 0 Å². The fourth-order valence-corrected chi connectivity index (χ4v) is 2.51. The van der Waals surface area contributed by atoms with Crippen LogP contribution in [0.4, 0.5) is 5.95 Å². The van der Waals surface area contributed by atoms with Crippen LogP contribution < -0.4 is 15.6 Å². The van der Waals surface area contributed by atoms with E-state index in [9.17, 15) is 0 Å². The van der Waals surface area contributed by atoms with Crippen LogP contribution in [0.15, 0.2) is 48.7 Å². The summed E-state index contributed by atoms with van der Waals surface area (Å²) in [6, 6.07) is 14.7. The highest BCUT2D eigenvalue weighted by molar-refractivity contribution is 5.93. The minimum atomic E-state index is 0.547. The van der Waals surface area contributed by atoms with Crippen molar-refractivity contribution in [1.29, 1.82) is 0 Å². The van der Waals surface area contributed by atoms with E-state index in [1.807, 2.05) is 42.6 Å². The molecule has 2 aromatic carbocycles. The van der Waals surface area contributed by atoms with Crippen molar-refractivity contribution in [2.75, 3.05) is 12.5 Å². The van der Waals surface area contributed by atoms with E-state index in [0.717, 1.165) is 27.8 Å². The van der Waals surface area contributed by atoms with Crippen LogP contribution in [0, 0.1) is 0 Å². The number of ether oxygens (including phenoxy) is 1. The molecule has 1 aliphatic carbocycles. The molecule has 0 amide bonds. The Morgan fingerprint density at radius 3 is 2.65 bits per heavy atom. The topological polar surface area (TPSA) is 59.1 Å². The number of hydrazine groups is 1. The molecular formula is C18H18N4O. The number of rotatable bonds is 5. The standard InChI is InChI=1S/C18H18N4O/c1-23-15-9-5-12(6-10-15)16-4-2-3-13-11-19-18(20-17(13)16)22-21-14-7-8-14/h2-6,9-11,14,21H,7-8H2,1H3,(H,19,20,22). The molecule has 0 atom stereocenters. The summed E-state index contributed by atoms with van der Waals surface area (Å²) in [7, 11) is 1.67. The zero-order valence-corrected chi connectivity index (χ0v) is 12.9. The number of fused-ring (bicyclic) bond motifs is 1. The predicted octanol–water partition coefficient (Wildman–Crippen LogP) is 3.38. The maximum Gasteiger partial charge on any atom is 0.237 e. The molecule has 1 saturated carbocycles. The van der Waals surface area contributed by atoms with Crippen molar-refractivity contribution in [3.8, 4) is 16.9 Å². The number of benzene rings is 2. The van der Waals surface area contributed by atoms with E-state index < -0.39 is 0 Å². The molecule has 0 radical (unpaired) electrons. The highest BCUT2D eigenvalue weighted by Crippen LogP contribution is 2.29. The SMILES string of the molecule is COc1ccc(-c2cccc3cnc(NNC4CC4)nc23)cc1. The van der Waals surface area contributed by atoms with Crippen LogP contribution in [0.3, 0.4) is 0 Å². The van der Waals surface area contributed by atoms with Crippen molar-refractivity contribution < 1.29 is 4.74 Å². The van der Waals surface area contributed by atoms with Gasteiger partial charge >= 0.3 is 0 Å².